The number of methoxy groups -OCH3 is 2. The number of carbonyl (C=O) groups excluding carboxylic acids is 1. The fraction of sp³-hybridized carbons (Fsp3) is 0.500. The van der Waals surface area contributed by atoms with Crippen molar-refractivity contribution in [2.24, 2.45) is 0 Å². The van der Waals surface area contributed by atoms with Crippen molar-refractivity contribution in [2.45, 2.75) is 30.2 Å². The lowest BCUT2D eigenvalue weighted by molar-refractivity contribution is -0.111. The van der Waals surface area contributed by atoms with E-state index in [4.69, 9.17) is 9.47 Å². The van der Waals surface area contributed by atoms with E-state index in [0.717, 1.165) is 12.8 Å². The minimum atomic E-state index is -3.71. The summed E-state index contributed by atoms with van der Waals surface area (Å²) in [5.74, 6) is 0.806. The van der Waals surface area contributed by atoms with Gasteiger partial charge in [-0.25, -0.2) is 8.42 Å². The molecule has 1 aliphatic heterocycles. The molecule has 1 aliphatic rings. The largest absolute Gasteiger partial charge is 0.493 e. The van der Waals surface area contributed by atoms with E-state index in [-0.39, 0.29) is 4.90 Å². The van der Waals surface area contributed by atoms with Crippen LogP contribution < -0.4 is 9.47 Å². The summed E-state index contributed by atoms with van der Waals surface area (Å²) < 4.78 is 36.9. The SMILES string of the molecule is COc1ccc(S(=O)(=O)N2CCCCC2C=O)cc1OC. The number of rotatable bonds is 5. The fourth-order valence-corrected chi connectivity index (χ4v) is 4.13. The van der Waals surface area contributed by atoms with Crippen LogP contribution in [0.3, 0.4) is 0 Å². The molecule has 1 aromatic rings. The Morgan fingerprint density at radius 1 is 1.19 bits per heavy atom. The maximum Gasteiger partial charge on any atom is 0.243 e. The zero-order valence-corrected chi connectivity index (χ0v) is 12.9. The van der Waals surface area contributed by atoms with E-state index in [1.807, 2.05) is 0 Å². The van der Waals surface area contributed by atoms with Gasteiger partial charge in [-0.05, 0) is 25.0 Å². The number of nitrogens with zero attached hydrogens (tertiary/aromatic N) is 1. The lowest BCUT2D eigenvalue weighted by Crippen LogP contribution is -2.44. The normalized spacial score (nSPS) is 20.0. The summed E-state index contributed by atoms with van der Waals surface area (Å²) in [6.07, 6.45) is 2.89. The Kier molecular flexibility index (Phi) is 4.84. The average Bonchev–Trinajstić information content (AvgIpc) is 2.53. The van der Waals surface area contributed by atoms with Crippen molar-refractivity contribution in [1.29, 1.82) is 0 Å². The molecule has 0 aromatic heterocycles. The molecular formula is C14H19NO5S. The van der Waals surface area contributed by atoms with Crippen LogP contribution in [0.4, 0.5) is 0 Å². The molecular weight excluding hydrogens is 294 g/mol. The number of carbonyl (C=O) groups is 1. The third-order valence-corrected chi connectivity index (χ3v) is 5.54. The summed E-state index contributed by atoms with van der Waals surface area (Å²) in [6.45, 7) is 0.361. The first-order valence-electron chi connectivity index (χ1n) is 6.73. The molecule has 0 bridgehead atoms. The highest BCUT2D eigenvalue weighted by molar-refractivity contribution is 7.89. The molecule has 0 N–H and O–H groups in total. The first kappa shape index (κ1) is 15.8. The van der Waals surface area contributed by atoms with E-state index in [2.05, 4.69) is 0 Å². The van der Waals surface area contributed by atoms with Gasteiger partial charge in [0.25, 0.3) is 0 Å². The molecule has 1 unspecified atom stereocenters. The molecule has 0 aliphatic carbocycles. The molecule has 1 saturated heterocycles. The van der Waals surface area contributed by atoms with Crippen molar-refractivity contribution in [1.82, 2.24) is 4.31 Å². The van der Waals surface area contributed by atoms with Gasteiger partial charge in [-0.2, -0.15) is 4.31 Å². The number of hydrogen-bond donors (Lipinski definition) is 0. The van der Waals surface area contributed by atoms with Gasteiger partial charge in [0.05, 0.1) is 25.2 Å². The summed E-state index contributed by atoms with van der Waals surface area (Å²) in [6, 6.07) is 3.85. The third-order valence-electron chi connectivity index (χ3n) is 3.62. The highest BCUT2D eigenvalue weighted by Gasteiger charge is 2.33. The van der Waals surface area contributed by atoms with E-state index in [0.29, 0.717) is 30.8 Å². The molecule has 2 rings (SSSR count). The van der Waals surface area contributed by atoms with Gasteiger partial charge < -0.3 is 14.3 Å². The minimum Gasteiger partial charge on any atom is -0.493 e. The van der Waals surface area contributed by atoms with E-state index in [9.17, 15) is 13.2 Å². The van der Waals surface area contributed by atoms with Gasteiger partial charge in [-0.15, -0.1) is 0 Å². The topological polar surface area (TPSA) is 72.9 Å². The summed E-state index contributed by atoms with van der Waals surface area (Å²) in [4.78, 5) is 11.2. The Bertz CT molecular complexity index is 614. The van der Waals surface area contributed by atoms with Gasteiger partial charge in [0.15, 0.2) is 11.5 Å². The highest BCUT2D eigenvalue weighted by Crippen LogP contribution is 2.32. The van der Waals surface area contributed by atoms with Gasteiger partial charge in [-0.1, -0.05) is 6.42 Å². The predicted molar refractivity (Wildman–Crippen MR) is 77.1 cm³/mol. The van der Waals surface area contributed by atoms with Crippen LogP contribution >= 0.6 is 0 Å². The molecule has 21 heavy (non-hydrogen) atoms. The molecule has 0 amide bonds. The van der Waals surface area contributed by atoms with Crippen LogP contribution in [-0.4, -0.2) is 45.8 Å². The lowest BCUT2D eigenvalue weighted by Gasteiger charge is -2.31. The Hall–Kier alpha value is -1.60. The van der Waals surface area contributed by atoms with Crippen molar-refractivity contribution in [3.05, 3.63) is 18.2 Å². The smallest absolute Gasteiger partial charge is 0.243 e. The van der Waals surface area contributed by atoms with Crippen LogP contribution in [-0.2, 0) is 14.8 Å². The molecule has 1 aromatic carbocycles. The minimum absolute atomic E-state index is 0.105. The van der Waals surface area contributed by atoms with Gasteiger partial charge in [-0.3, -0.25) is 0 Å². The Balaban J connectivity index is 2.41. The van der Waals surface area contributed by atoms with Crippen molar-refractivity contribution in [3.63, 3.8) is 0 Å². The van der Waals surface area contributed by atoms with Crippen LogP contribution in [0, 0.1) is 0 Å². The number of hydrogen-bond acceptors (Lipinski definition) is 5. The second-order valence-electron chi connectivity index (χ2n) is 4.83. The van der Waals surface area contributed by atoms with Crippen molar-refractivity contribution in [3.8, 4) is 11.5 Å². The van der Waals surface area contributed by atoms with Crippen molar-refractivity contribution < 1.29 is 22.7 Å². The monoisotopic (exact) mass is 313 g/mol. The summed E-state index contributed by atoms with van der Waals surface area (Å²) in [5, 5.41) is 0. The molecule has 116 valence electrons. The number of ether oxygens (including phenoxy) is 2. The molecule has 0 spiro atoms. The Morgan fingerprint density at radius 2 is 1.90 bits per heavy atom. The van der Waals surface area contributed by atoms with Crippen LogP contribution in [0.2, 0.25) is 0 Å². The van der Waals surface area contributed by atoms with Crippen molar-refractivity contribution in [2.75, 3.05) is 20.8 Å². The number of aldehydes is 1. The third kappa shape index (κ3) is 3.03. The van der Waals surface area contributed by atoms with E-state index >= 15 is 0 Å². The molecule has 6 nitrogen and oxygen atoms in total. The van der Waals surface area contributed by atoms with Crippen LogP contribution in [0.25, 0.3) is 0 Å². The standard InChI is InChI=1S/C14H19NO5S/c1-19-13-7-6-12(9-14(13)20-2)21(17,18)15-8-4-3-5-11(15)10-16/h6-7,9-11H,3-5,8H2,1-2H3. The molecule has 0 radical (unpaired) electrons. The van der Waals surface area contributed by atoms with Gasteiger partial charge in [0.1, 0.15) is 6.29 Å². The second kappa shape index (κ2) is 6.44. The molecule has 1 atom stereocenters. The zero-order valence-electron chi connectivity index (χ0n) is 12.1. The molecule has 1 heterocycles. The average molecular weight is 313 g/mol. The van der Waals surface area contributed by atoms with Crippen LogP contribution in [0.15, 0.2) is 23.1 Å². The number of benzene rings is 1. The van der Waals surface area contributed by atoms with E-state index in [1.54, 1.807) is 6.07 Å². The first-order chi connectivity index (χ1) is 10.0. The number of sulfonamides is 1. The maximum absolute atomic E-state index is 12.7. The predicted octanol–water partition coefficient (Wildman–Crippen LogP) is 1.45. The first-order valence-corrected chi connectivity index (χ1v) is 8.17. The van der Waals surface area contributed by atoms with E-state index < -0.39 is 16.1 Å². The molecule has 7 heteroatoms. The summed E-state index contributed by atoms with van der Waals surface area (Å²) in [5.41, 5.74) is 0. The van der Waals surface area contributed by atoms with E-state index in [1.165, 1.54) is 30.7 Å². The zero-order chi connectivity index (χ0) is 15.5. The van der Waals surface area contributed by atoms with Gasteiger partial charge >= 0.3 is 0 Å². The lowest BCUT2D eigenvalue weighted by atomic mass is 10.1. The molecule has 1 fully saturated rings. The summed E-state index contributed by atoms with van der Waals surface area (Å²) >= 11 is 0. The Morgan fingerprint density at radius 3 is 2.52 bits per heavy atom. The van der Waals surface area contributed by atoms with Crippen LogP contribution in [0.1, 0.15) is 19.3 Å². The van der Waals surface area contributed by atoms with Gasteiger partial charge in [0, 0.05) is 12.6 Å². The molecule has 0 saturated carbocycles. The second-order valence-corrected chi connectivity index (χ2v) is 6.72. The Labute approximate surface area is 124 Å². The fourth-order valence-electron chi connectivity index (χ4n) is 2.48. The summed E-state index contributed by atoms with van der Waals surface area (Å²) in [7, 11) is -0.781. The number of piperidine rings is 1. The highest BCUT2D eigenvalue weighted by atomic mass is 32.2. The van der Waals surface area contributed by atoms with Gasteiger partial charge in [0.2, 0.25) is 10.0 Å². The quantitative estimate of drug-likeness (QED) is 0.769. The van der Waals surface area contributed by atoms with Crippen molar-refractivity contribution >= 4 is 16.3 Å². The van der Waals surface area contributed by atoms with Crippen LogP contribution in [0.5, 0.6) is 11.5 Å². The maximum atomic E-state index is 12.7.